The van der Waals surface area contributed by atoms with Crippen LogP contribution in [-0.2, 0) is 17.9 Å². The largest absolute Gasteiger partial charge is 0.496 e. The second kappa shape index (κ2) is 26.4. The molecule has 0 unspecified atom stereocenters. The first kappa shape index (κ1) is 39.9. The Morgan fingerprint density at radius 2 is 1.31 bits per heavy atom. The fourth-order valence-corrected chi connectivity index (χ4v) is 7.04. The van der Waals surface area contributed by atoms with E-state index >= 15 is 0 Å². The summed E-state index contributed by atoms with van der Waals surface area (Å²) in [5, 5.41) is 6.66. The average molecular weight is 663 g/mol. The third kappa shape index (κ3) is 17.7. The summed E-state index contributed by atoms with van der Waals surface area (Å²) in [5.41, 5.74) is 3.77. The van der Waals surface area contributed by atoms with E-state index in [1.165, 1.54) is 140 Å². The van der Waals surface area contributed by atoms with Gasteiger partial charge in [0.05, 0.1) is 13.7 Å². The third-order valence-electron chi connectivity index (χ3n) is 10.1. The normalized spacial score (nSPS) is 14.0. The first-order valence-corrected chi connectivity index (χ1v) is 20.1. The Labute approximate surface area is 294 Å². The number of hydrogen-bond donors (Lipinski definition) is 2. The molecule has 0 aromatic heterocycles. The van der Waals surface area contributed by atoms with Gasteiger partial charge < -0.3 is 20.1 Å². The summed E-state index contributed by atoms with van der Waals surface area (Å²) < 4.78 is 11.6. The summed E-state index contributed by atoms with van der Waals surface area (Å²) in [4.78, 5) is 12.5. The highest BCUT2D eigenvalue weighted by Crippen LogP contribution is 2.31. The van der Waals surface area contributed by atoms with E-state index in [0.717, 1.165) is 35.7 Å². The molecule has 48 heavy (non-hydrogen) atoms. The zero-order valence-corrected chi connectivity index (χ0v) is 30.9. The van der Waals surface area contributed by atoms with Gasteiger partial charge in [-0.05, 0) is 55.3 Å². The fourth-order valence-electron chi connectivity index (χ4n) is 7.04. The lowest BCUT2D eigenvalue weighted by Gasteiger charge is -2.20. The van der Waals surface area contributed by atoms with E-state index in [-0.39, 0.29) is 5.91 Å². The van der Waals surface area contributed by atoms with Crippen molar-refractivity contribution >= 4 is 5.91 Å². The minimum atomic E-state index is 0.0699. The van der Waals surface area contributed by atoms with Crippen molar-refractivity contribution in [2.24, 2.45) is 0 Å². The van der Waals surface area contributed by atoms with E-state index in [1.807, 2.05) is 12.1 Å². The quantitative estimate of drug-likeness (QED) is 0.0984. The molecule has 1 saturated carbocycles. The Hall–Kier alpha value is -2.53. The van der Waals surface area contributed by atoms with Crippen LogP contribution in [0.5, 0.6) is 11.5 Å². The number of amides is 1. The SMILES string of the molecule is CCCCCCCCCCCCCCCCNCc1ccc(OCCCC(=O)NCc2ccc(C3CCCCCCC3)cc2)cc1OC. The molecule has 3 rings (SSSR count). The molecule has 0 aliphatic heterocycles. The van der Waals surface area contributed by atoms with Crippen molar-refractivity contribution in [3.8, 4) is 11.5 Å². The number of hydrogen-bond acceptors (Lipinski definition) is 4. The molecule has 0 atom stereocenters. The zero-order valence-electron chi connectivity index (χ0n) is 30.9. The van der Waals surface area contributed by atoms with Gasteiger partial charge in [-0.1, -0.05) is 153 Å². The molecule has 2 aromatic carbocycles. The highest BCUT2D eigenvalue weighted by molar-refractivity contribution is 5.75. The lowest BCUT2D eigenvalue weighted by molar-refractivity contribution is -0.121. The third-order valence-corrected chi connectivity index (χ3v) is 10.1. The second-order valence-electron chi connectivity index (χ2n) is 14.3. The molecule has 0 spiro atoms. The molecule has 1 aliphatic carbocycles. The molecule has 5 heteroatoms. The van der Waals surface area contributed by atoms with Gasteiger partial charge in [0.25, 0.3) is 0 Å². The second-order valence-corrected chi connectivity index (χ2v) is 14.3. The summed E-state index contributed by atoms with van der Waals surface area (Å²) in [6.07, 6.45) is 30.0. The van der Waals surface area contributed by atoms with Gasteiger partial charge in [0.2, 0.25) is 5.91 Å². The molecule has 1 aliphatic rings. The lowest BCUT2D eigenvalue weighted by Crippen LogP contribution is -2.23. The molecule has 0 radical (unpaired) electrons. The number of rotatable bonds is 26. The van der Waals surface area contributed by atoms with Crippen LogP contribution in [0.15, 0.2) is 42.5 Å². The van der Waals surface area contributed by atoms with Gasteiger partial charge in [-0.3, -0.25) is 4.79 Å². The van der Waals surface area contributed by atoms with E-state index < -0.39 is 0 Å². The summed E-state index contributed by atoms with van der Waals surface area (Å²) in [6.45, 7) is 5.20. The monoisotopic (exact) mass is 663 g/mol. The predicted octanol–water partition coefficient (Wildman–Crippen LogP) is 11.6. The fraction of sp³-hybridized carbons (Fsp3) is 0.698. The van der Waals surface area contributed by atoms with Crippen LogP contribution in [0.1, 0.15) is 177 Å². The Morgan fingerprint density at radius 3 is 1.94 bits per heavy atom. The highest BCUT2D eigenvalue weighted by atomic mass is 16.5. The molecule has 5 nitrogen and oxygen atoms in total. The summed E-state index contributed by atoms with van der Waals surface area (Å²) in [6, 6.07) is 15.0. The maximum absolute atomic E-state index is 12.5. The number of benzene rings is 2. The van der Waals surface area contributed by atoms with Crippen molar-refractivity contribution in [2.45, 2.75) is 174 Å². The smallest absolute Gasteiger partial charge is 0.220 e. The summed E-state index contributed by atoms with van der Waals surface area (Å²) >= 11 is 0. The molecular weight excluding hydrogens is 592 g/mol. The maximum atomic E-state index is 12.5. The van der Waals surface area contributed by atoms with Crippen LogP contribution in [0.25, 0.3) is 0 Å². The minimum Gasteiger partial charge on any atom is -0.496 e. The number of unbranched alkanes of at least 4 members (excludes halogenated alkanes) is 13. The number of carbonyl (C=O) groups excluding carboxylic acids is 1. The number of carbonyl (C=O) groups is 1. The van der Waals surface area contributed by atoms with Gasteiger partial charge in [0.1, 0.15) is 11.5 Å². The number of methoxy groups -OCH3 is 1. The van der Waals surface area contributed by atoms with Crippen molar-refractivity contribution in [1.82, 2.24) is 10.6 Å². The predicted molar refractivity (Wildman–Crippen MR) is 203 cm³/mol. The van der Waals surface area contributed by atoms with Gasteiger partial charge in [-0.2, -0.15) is 0 Å². The van der Waals surface area contributed by atoms with Crippen LogP contribution in [0.2, 0.25) is 0 Å². The van der Waals surface area contributed by atoms with Gasteiger partial charge in [0.15, 0.2) is 0 Å². The highest BCUT2D eigenvalue weighted by Gasteiger charge is 2.13. The van der Waals surface area contributed by atoms with Crippen LogP contribution < -0.4 is 20.1 Å². The summed E-state index contributed by atoms with van der Waals surface area (Å²) in [7, 11) is 1.71. The topological polar surface area (TPSA) is 59.6 Å². The molecule has 270 valence electrons. The standard InChI is InChI=1S/C43H70N2O3/c1-3-4-5-6-7-8-9-10-11-12-13-14-18-21-32-44-36-40-30-31-41(34-42(40)47-2)48-33-22-25-43(46)45-35-37-26-28-39(29-27-37)38-23-19-16-15-17-20-24-38/h26-31,34,38,44H,3-25,32-33,35-36H2,1-2H3,(H,45,46). The van der Waals surface area contributed by atoms with Crippen LogP contribution in [0, 0.1) is 0 Å². The van der Waals surface area contributed by atoms with E-state index in [2.05, 4.69) is 47.9 Å². The molecular formula is C43H70N2O3. The van der Waals surface area contributed by atoms with Crippen molar-refractivity contribution in [3.05, 3.63) is 59.2 Å². The Kier molecular flexibility index (Phi) is 21.9. The van der Waals surface area contributed by atoms with Gasteiger partial charge in [-0.25, -0.2) is 0 Å². The van der Waals surface area contributed by atoms with Crippen LogP contribution in [0.3, 0.4) is 0 Å². The molecule has 1 fully saturated rings. The molecule has 2 N–H and O–H groups in total. The van der Waals surface area contributed by atoms with Crippen molar-refractivity contribution in [2.75, 3.05) is 20.3 Å². The van der Waals surface area contributed by atoms with E-state index in [9.17, 15) is 4.79 Å². The Morgan fingerprint density at radius 1 is 0.708 bits per heavy atom. The van der Waals surface area contributed by atoms with Gasteiger partial charge in [0, 0.05) is 31.1 Å². The molecule has 0 bridgehead atoms. The van der Waals surface area contributed by atoms with Crippen LogP contribution >= 0.6 is 0 Å². The number of ether oxygens (including phenoxy) is 2. The molecule has 2 aromatic rings. The molecule has 0 saturated heterocycles. The molecule has 0 heterocycles. The van der Waals surface area contributed by atoms with Crippen molar-refractivity contribution in [3.63, 3.8) is 0 Å². The van der Waals surface area contributed by atoms with Gasteiger partial charge >= 0.3 is 0 Å². The Balaban J connectivity index is 1.19. The van der Waals surface area contributed by atoms with E-state index in [4.69, 9.17) is 9.47 Å². The van der Waals surface area contributed by atoms with Crippen molar-refractivity contribution in [1.29, 1.82) is 0 Å². The van der Waals surface area contributed by atoms with Crippen LogP contribution in [0.4, 0.5) is 0 Å². The summed E-state index contributed by atoms with van der Waals surface area (Å²) in [5.74, 6) is 2.40. The van der Waals surface area contributed by atoms with E-state index in [1.54, 1.807) is 7.11 Å². The van der Waals surface area contributed by atoms with Crippen LogP contribution in [-0.4, -0.2) is 26.2 Å². The first-order valence-electron chi connectivity index (χ1n) is 20.1. The first-order chi connectivity index (χ1) is 23.7. The van der Waals surface area contributed by atoms with E-state index in [0.29, 0.717) is 31.9 Å². The lowest BCUT2D eigenvalue weighted by atomic mass is 9.86. The maximum Gasteiger partial charge on any atom is 0.220 e. The zero-order chi connectivity index (χ0) is 33.9. The van der Waals surface area contributed by atoms with Crippen molar-refractivity contribution < 1.29 is 14.3 Å². The minimum absolute atomic E-state index is 0.0699. The van der Waals surface area contributed by atoms with Gasteiger partial charge in [-0.15, -0.1) is 0 Å². The average Bonchev–Trinajstić information content (AvgIpc) is 3.09. The number of nitrogens with one attached hydrogen (secondary N) is 2. The molecule has 1 amide bonds. The Bertz CT molecular complexity index is 1080.